The molecule has 0 aromatic carbocycles. The Labute approximate surface area is 110 Å². The summed E-state index contributed by atoms with van der Waals surface area (Å²) in [6.07, 6.45) is -4.48. The molecule has 0 aromatic rings. The molecule has 1 fully saturated rings. The molecule has 1 aliphatic heterocycles. The van der Waals surface area contributed by atoms with E-state index in [1.54, 1.807) is 20.8 Å². The van der Waals surface area contributed by atoms with Crippen molar-refractivity contribution in [2.75, 3.05) is 26.2 Å². The van der Waals surface area contributed by atoms with Crippen LogP contribution in [0.1, 0.15) is 27.2 Å². The molecule has 0 aliphatic carbocycles. The molecule has 0 atom stereocenters. The van der Waals surface area contributed by atoms with E-state index < -0.39 is 17.5 Å². The van der Waals surface area contributed by atoms with Crippen molar-refractivity contribution < 1.29 is 22.8 Å². The third-order valence-corrected chi connectivity index (χ3v) is 2.95. The second-order valence-electron chi connectivity index (χ2n) is 5.69. The van der Waals surface area contributed by atoms with Crippen molar-refractivity contribution in [3.05, 3.63) is 0 Å². The maximum atomic E-state index is 12.3. The maximum absolute atomic E-state index is 12.3. The summed E-state index contributed by atoms with van der Waals surface area (Å²) < 4.78 is 37.0. The molecule has 1 heterocycles. The van der Waals surface area contributed by atoms with Crippen LogP contribution in [-0.4, -0.2) is 54.0 Å². The summed E-state index contributed by atoms with van der Waals surface area (Å²) in [5, 5.41) is 0. The predicted molar refractivity (Wildman–Crippen MR) is 63.3 cm³/mol. The fourth-order valence-electron chi connectivity index (χ4n) is 1.98. The van der Waals surface area contributed by atoms with E-state index in [1.807, 2.05) is 0 Å². The van der Waals surface area contributed by atoms with Crippen LogP contribution in [0.4, 0.5) is 13.2 Å². The molecule has 0 spiro atoms. The zero-order valence-corrected chi connectivity index (χ0v) is 11.4. The molecular weight excluding hydrogens is 261 g/mol. The Morgan fingerprint density at radius 3 is 1.63 bits per heavy atom. The van der Waals surface area contributed by atoms with Crippen LogP contribution in [0.25, 0.3) is 0 Å². The lowest BCUT2D eigenvalue weighted by atomic mass is 9.94. The van der Waals surface area contributed by atoms with Crippen LogP contribution in [0.3, 0.4) is 0 Å². The summed E-state index contributed by atoms with van der Waals surface area (Å²) in [4.78, 5) is 25.5. The van der Waals surface area contributed by atoms with Crippen molar-refractivity contribution in [2.45, 2.75) is 33.4 Å². The number of halogens is 3. The number of hydrogen-bond donors (Lipinski definition) is 0. The van der Waals surface area contributed by atoms with Gasteiger partial charge in [-0.2, -0.15) is 13.2 Å². The first kappa shape index (κ1) is 15.8. The van der Waals surface area contributed by atoms with E-state index in [2.05, 4.69) is 0 Å². The minimum absolute atomic E-state index is 0.0340. The summed E-state index contributed by atoms with van der Waals surface area (Å²) in [6, 6.07) is 0. The van der Waals surface area contributed by atoms with E-state index in [1.165, 1.54) is 4.90 Å². The van der Waals surface area contributed by atoms with E-state index in [9.17, 15) is 22.8 Å². The van der Waals surface area contributed by atoms with Gasteiger partial charge >= 0.3 is 12.1 Å². The molecule has 1 rings (SSSR count). The van der Waals surface area contributed by atoms with Crippen LogP contribution in [0.2, 0.25) is 0 Å². The fourth-order valence-corrected chi connectivity index (χ4v) is 1.98. The number of carbonyl (C=O) groups excluding carboxylic acids is 2. The molecule has 0 aromatic heterocycles. The topological polar surface area (TPSA) is 40.6 Å². The van der Waals surface area contributed by atoms with E-state index in [4.69, 9.17) is 0 Å². The number of hydrogen-bond acceptors (Lipinski definition) is 2. The molecule has 0 saturated carbocycles. The van der Waals surface area contributed by atoms with Gasteiger partial charge in [0.05, 0.1) is 0 Å². The van der Waals surface area contributed by atoms with Gasteiger partial charge < -0.3 is 9.80 Å². The minimum Gasteiger partial charge on any atom is -0.340 e. The Hall–Kier alpha value is -1.27. The molecule has 1 saturated heterocycles. The molecular formula is C12H19F3N2O2. The normalized spacial score (nSPS) is 18.2. The van der Waals surface area contributed by atoms with E-state index in [-0.39, 0.29) is 25.5 Å². The SMILES string of the molecule is CC(C)(C)C(=O)N1CCCN(C(=O)C(F)(F)F)CC1. The number of rotatable bonds is 0. The van der Waals surface area contributed by atoms with E-state index in [0.717, 1.165) is 4.90 Å². The smallest absolute Gasteiger partial charge is 0.340 e. The molecule has 4 nitrogen and oxygen atoms in total. The van der Waals surface area contributed by atoms with Gasteiger partial charge in [0, 0.05) is 31.6 Å². The van der Waals surface area contributed by atoms with Crippen LogP contribution in [0.5, 0.6) is 0 Å². The van der Waals surface area contributed by atoms with Crippen molar-refractivity contribution in [2.24, 2.45) is 5.41 Å². The third-order valence-electron chi connectivity index (χ3n) is 2.95. The second kappa shape index (κ2) is 5.38. The lowest BCUT2D eigenvalue weighted by Crippen LogP contribution is -2.45. The average Bonchev–Trinajstić information content (AvgIpc) is 2.49. The average molecular weight is 280 g/mol. The van der Waals surface area contributed by atoms with Crippen LogP contribution < -0.4 is 0 Å². The third kappa shape index (κ3) is 4.11. The molecule has 0 bridgehead atoms. The Balaban J connectivity index is 2.67. The first-order chi connectivity index (χ1) is 8.53. The summed E-state index contributed by atoms with van der Waals surface area (Å²) in [5.41, 5.74) is -0.566. The summed E-state index contributed by atoms with van der Waals surface area (Å²) in [7, 11) is 0. The van der Waals surface area contributed by atoms with Gasteiger partial charge in [-0.05, 0) is 6.42 Å². The molecule has 110 valence electrons. The van der Waals surface area contributed by atoms with Gasteiger partial charge in [0.2, 0.25) is 5.91 Å². The Morgan fingerprint density at radius 2 is 1.26 bits per heavy atom. The zero-order chi connectivity index (χ0) is 14.8. The van der Waals surface area contributed by atoms with E-state index >= 15 is 0 Å². The predicted octanol–water partition coefficient (Wildman–Crippen LogP) is 1.66. The number of alkyl halides is 3. The summed E-state index contributed by atoms with van der Waals surface area (Å²) in [6.45, 7) is 5.79. The quantitative estimate of drug-likeness (QED) is 0.677. The minimum atomic E-state index is -4.84. The number of carbonyl (C=O) groups is 2. The van der Waals surface area contributed by atoms with Gasteiger partial charge in [0.1, 0.15) is 0 Å². The molecule has 19 heavy (non-hydrogen) atoms. The largest absolute Gasteiger partial charge is 0.471 e. The van der Waals surface area contributed by atoms with Gasteiger partial charge in [0.25, 0.3) is 0 Å². The lowest BCUT2D eigenvalue weighted by molar-refractivity contribution is -0.185. The second-order valence-corrected chi connectivity index (χ2v) is 5.69. The highest BCUT2D eigenvalue weighted by atomic mass is 19.4. The Bertz CT molecular complexity index is 327. The highest BCUT2D eigenvalue weighted by molar-refractivity contribution is 5.83. The standard InChI is InChI=1S/C12H19F3N2O2/c1-11(2,3)9(18)16-5-4-6-17(8-7-16)10(19)12(13,14)15/h4-8H2,1-3H3. The van der Waals surface area contributed by atoms with Gasteiger partial charge in [-0.1, -0.05) is 20.8 Å². The van der Waals surface area contributed by atoms with E-state index in [0.29, 0.717) is 13.0 Å². The lowest BCUT2D eigenvalue weighted by Gasteiger charge is -2.28. The summed E-state index contributed by atoms with van der Waals surface area (Å²) in [5.74, 6) is -1.92. The van der Waals surface area contributed by atoms with Gasteiger partial charge in [0.15, 0.2) is 0 Å². The van der Waals surface area contributed by atoms with Crippen LogP contribution in [0, 0.1) is 5.41 Å². The van der Waals surface area contributed by atoms with Crippen LogP contribution >= 0.6 is 0 Å². The molecule has 7 heteroatoms. The zero-order valence-electron chi connectivity index (χ0n) is 11.4. The first-order valence-electron chi connectivity index (χ1n) is 6.19. The van der Waals surface area contributed by atoms with Gasteiger partial charge in [-0.15, -0.1) is 0 Å². The van der Waals surface area contributed by atoms with Crippen molar-refractivity contribution in [3.63, 3.8) is 0 Å². The van der Waals surface area contributed by atoms with Crippen molar-refractivity contribution in [3.8, 4) is 0 Å². The van der Waals surface area contributed by atoms with Gasteiger partial charge in [-0.3, -0.25) is 9.59 Å². The fraction of sp³-hybridized carbons (Fsp3) is 0.833. The van der Waals surface area contributed by atoms with Crippen LogP contribution in [0.15, 0.2) is 0 Å². The molecule has 0 unspecified atom stereocenters. The van der Waals surface area contributed by atoms with Crippen LogP contribution in [-0.2, 0) is 9.59 Å². The number of nitrogens with zero attached hydrogens (tertiary/aromatic N) is 2. The molecule has 1 aliphatic rings. The highest BCUT2D eigenvalue weighted by Gasteiger charge is 2.43. The molecule has 0 N–H and O–H groups in total. The Kier molecular flexibility index (Phi) is 4.47. The monoisotopic (exact) mass is 280 g/mol. The Morgan fingerprint density at radius 1 is 0.842 bits per heavy atom. The molecule has 0 radical (unpaired) electrons. The first-order valence-corrected chi connectivity index (χ1v) is 6.19. The van der Waals surface area contributed by atoms with Crippen molar-refractivity contribution in [1.29, 1.82) is 0 Å². The summed E-state index contributed by atoms with van der Waals surface area (Å²) >= 11 is 0. The molecule has 2 amide bonds. The number of amides is 2. The van der Waals surface area contributed by atoms with Crippen molar-refractivity contribution in [1.82, 2.24) is 9.80 Å². The highest BCUT2D eigenvalue weighted by Crippen LogP contribution is 2.21. The van der Waals surface area contributed by atoms with Crippen molar-refractivity contribution >= 4 is 11.8 Å². The maximum Gasteiger partial charge on any atom is 0.471 e. The van der Waals surface area contributed by atoms with Gasteiger partial charge in [-0.25, -0.2) is 0 Å².